The molecule has 24 heavy (non-hydrogen) atoms. The lowest BCUT2D eigenvalue weighted by Gasteiger charge is -2.22. The highest BCUT2D eigenvalue weighted by molar-refractivity contribution is 7.71. The van der Waals surface area contributed by atoms with Gasteiger partial charge in [-0.15, -0.1) is 0 Å². The molecule has 1 heterocycles. The van der Waals surface area contributed by atoms with Gasteiger partial charge in [-0.2, -0.15) is 5.10 Å². The van der Waals surface area contributed by atoms with Crippen molar-refractivity contribution in [2.75, 3.05) is 6.54 Å². The van der Waals surface area contributed by atoms with Crippen LogP contribution in [0.3, 0.4) is 0 Å². The van der Waals surface area contributed by atoms with Gasteiger partial charge in [0.05, 0.1) is 0 Å². The normalized spacial score (nSPS) is 11.0. The van der Waals surface area contributed by atoms with Crippen LogP contribution in [0.2, 0.25) is 0 Å². The van der Waals surface area contributed by atoms with E-state index in [0.717, 1.165) is 32.6 Å². The van der Waals surface area contributed by atoms with E-state index in [2.05, 4.69) is 75.8 Å². The van der Waals surface area contributed by atoms with Gasteiger partial charge in [-0.25, -0.2) is 0 Å². The molecule has 2 aromatic carbocycles. The topological polar surface area (TPSA) is 36.9 Å². The molecular formula is C19H22N4S. The molecule has 3 rings (SSSR count). The molecule has 0 aliphatic rings. The number of hydrogen-bond donors (Lipinski definition) is 1. The predicted octanol–water partition coefficient (Wildman–Crippen LogP) is 4.03. The molecule has 0 unspecified atom stereocenters. The van der Waals surface area contributed by atoms with Gasteiger partial charge in [-0.3, -0.25) is 10.00 Å². The number of benzene rings is 2. The third kappa shape index (κ3) is 4.88. The second-order valence-corrected chi connectivity index (χ2v) is 6.28. The summed E-state index contributed by atoms with van der Waals surface area (Å²) in [4.78, 5) is 2.48. The summed E-state index contributed by atoms with van der Waals surface area (Å²) in [5.41, 5.74) is 2.68. The zero-order valence-electron chi connectivity index (χ0n) is 13.6. The average Bonchev–Trinajstić information content (AvgIpc) is 3.02. The first kappa shape index (κ1) is 16.6. The zero-order chi connectivity index (χ0) is 16.6. The van der Waals surface area contributed by atoms with Gasteiger partial charge in [0.15, 0.2) is 4.77 Å². The number of H-pyrrole nitrogens is 1. The molecule has 1 N–H and O–H groups in total. The molecular weight excluding hydrogens is 316 g/mol. The van der Waals surface area contributed by atoms with Crippen LogP contribution >= 0.6 is 12.2 Å². The molecule has 124 valence electrons. The smallest absolute Gasteiger partial charge is 0.194 e. The molecule has 4 nitrogen and oxygen atoms in total. The molecule has 0 aliphatic heterocycles. The molecule has 0 aliphatic carbocycles. The monoisotopic (exact) mass is 338 g/mol. The maximum atomic E-state index is 5.21. The lowest BCUT2D eigenvalue weighted by molar-refractivity contribution is 0.248. The number of aromatic amines is 1. The molecule has 0 amide bonds. The Morgan fingerprint density at radius 3 is 2.00 bits per heavy atom. The van der Waals surface area contributed by atoms with Crippen LogP contribution in [0.5, 0.6) is 0 Å². The Morgan fingerprint density at radius 1 is 0.917 bits per heavy atom. The van der Waals surface area contributed by atoms with Crippen molar-refractivity contribution in [2.45, 2.75) is 26.1 Å². The minimum atomic E-state index is 0.688. The summed E-state index contributed by atoms with van der Waals surface area (Å²) in [5, 5.41) is 6.78. The van der Waals surface area contributed by atoms with Crippen LogP contribution in [-0.2, 0) is 19.6 Å². The molecule has 5 heteroatoms. The standard InChI is InChI=1S/C19H22N4S/c24-19-21-20-16-23(19)13-7-12-22(14-17-8-3-1-4-9-17)15-18-10-5-2-6-11-18/h1-6,8-11,16H,7,12-15H2,(H,21,24). The first-order valence-corrected chi connectivity index (χ1v) is 8.62. The number of aryl methyl sites for hydroxylation is 1. The fourth-order valence-electron chi connectivity index (χ4n) is 2.79. The van der Waals surface area contributed by atoms with Gasteiger partial charge in [-0.05, 0) is 29.8 Å². The van der Waals surface area contributed by atoms with Crippen LogP contribution in [0.4, 0.5) is 0 Å². The Hall–Kier alpha value is -2.24. The summed E-state index contributed by atoms with van der Waals surface area (Å²) < 4.78 is 2.67. The third-order valence-corrected chi connectivity index (χ3v) is 4.32. The number of aromatic nitrogens is 3. The summed E-state index contributed by atoms with van der Waals surface area (Å²) in [7, 11) is 0. The molecule has 1 aromatic heterocycles. The van der Waals surface area contributed by atoms with Crippen molar-refractivity contribution in [2.24, 2.45) is 0 Å². The van der Waals surface area contributed by atoms with Crippen molar-refractivity contribution in [1.82, 2.24) is 19.7 Å². The van der Waals surface area contributed by atoms with Crippen LogP contribution in [0.1, 0.15) is 17.5 Å². The van der Waals surface area contributed by atoms with Crippen molar-refractivity contribution in [1.29, 1.82) is 0 Å². The van der Waals surface area contributed by atoms with Gasteiger partial charge in [0, 0.05) is 26.2 Å². The molecule has 0 fully saturated rings. The average molecular weight is 338 g/mol. The minimum absolute atomic E-state index is 0.688. The Morgan fingerprint density at radius 2 is 1.50 bits per heavy atom. The van der Waals surface area contributed by atoms with E-state index in [1.54, 1.807) is 6.33 Å². The Balaban J connectivity index is 1.62. The van der Waals surface area contributed by atoms with E-state index in [1.165, 1.54) is 11.1 Å². The number of hydrogen-bond acceptors (Lipinski definition) is 3. The van der Waals surface area contributed by atoms with E-state index in [9.17, 15) is 0 Å². The fourth-order valence-corrected chi connectivity index (χ4v) is 2.98. The first-order valence-electron chi connectivity index (χ1n) is 8.21. The van der Waals surface area contributed by atoms with Crippen LogP contribution < -0.4 is 0 Å². The highest BCUT2D eigenvalue weighted by Gasteiger charge is 2.07. The van der Waals surface area contributed by atoms with Gasteiger partial charge in [-0.1, -0.05) is 60.7 Å². The van der Waals surface area contributed by atoms with Crippen molar-refractivity contribution in [3.8, 4) is 0 Å². The summed E-state index contributed by atoms with van der Waals surface area (Å²) >= 11 is 5.21. The van der Waals surface area contributed by atoms with E-state index in [4.69, 9.17) is 12.2 Å². The van der Waals surface area contributed by atoms with Gasteiger partial charge >= 0.3 is 0 Å². The van der Waals surface area contributed by atoms with Crippen LogP contribution in [0.15, 0.2) is 67.0 Å². The molecule has 0 bridgehead atoms. The second-order valence-electron chi connectivity index (χ2n) is 5.89. The maximum absolute atomic E-state index is 5.21. The van der Waals surface area contributed by atoms with Gasteiger partial charge < -0.3 is 4.57 Å². The summed E-state index contributed by atoms with van der Waals surface area (Å²) in [6.07, 6.45) is 2.80. The molecule has 0 atom stereocenters. The lowest BCUT2D eigenvalue weighted by atomic mass is 10.1. The minimum Gasteiger partial charge on any atom is -0.307 e. The molecule has 0 spiro atoms. The number of nitrogens with one attached hydrogen (secondary N) is 1. The van der Waals surface area contributed by atoms with E-state index in [0.29, 0.717) is 4.77 Å². The summed E-state index contributed by atoms with van der Waals surface area (Å²) in [5.74, 6) is 0. The summed E-state index contributed by atoms with van der Waals surface area (Å²) in [6.45, 7) is 3.80. The third-order valence-electron chi connectivity index (χ3n) is 3.99. The first-order chi connectivity index (χ1) is 11.8. The molecule has 0 saturated heterocycles. The predicted molar refractivity (Wildman–Crippen MR) is 99.0 cm³/mol. The van der Waals surface area contributed by atoms with Gasteiger partial charge in [0.2, 0.25) is 0 Å². The fraction of sp³-hybridized carbons (Fsp3) is 0.263. The molecule has 0 saturated carbocycles. The molecule has 0 radical (unpaired) electrons. The van der Waals surface area contributed by atoms with Crippen molar-refractivity contribution in [3.05, 3.63) is 82.9 Å². The maximum Gasteiger partial charge on any atom is 0.194 e. The quantitative estimate of drug-likeness (QED) is 0.630. The largest absolute Gasteiger partial charge is 0.307 e. The highest BCUT2D eigenvalue weighted by Crippen LogP contribution is 2.11. The van der Waals surface area contributed by atoms with Crippen LogP contribution in [-0.4, -0.2) is 26.2 Å². The van der Waals surface area contributed by atoms with Crippen LogP contribution in [0, 0.1) is 4.77 Å². The van der Waals surface area contributed by atoms with E-state index in [-0.39, 0.29) is 0 Å². The Kier molecular flexibility index (Phi) is 5.93. The second kappa shape index (κ2) is 8.57. The Labute approximate surface area is 147 Å². The van der Waals surface area contributed by atoms with Crippen LogP contribution in [0.25, 0.3) is 0 Å². The van der Waals surface area contributed by atoms with E-state index < -0.39 is 0 Å². The molecule has 3 aromatic rings. The number of nitrogens with zero attached hydrogens (tertiary/aromatic N) is 3. The van der Waals surface area contributed by atoms with Gasteiger partial charge in [0.25, 0.3) is 0 Å². The highest BCUT2D eigenvalue weighted by atomic mass is 32.1. The lowest BCUT2D eigenvalue weighted by Crippen LogP contribution is -2.25. The van der Waals surface area contributed by atoms with Crippen molar-refractivity contribution in [3.63, 3.8) is 0 Å². The van der Waals surface area contributed by atoms with E-state index >= 15 is 0 Å². The van der Waals surface area contributed by atoms with Crippen molar-refractivity contribution >= 4 is 12.2 Å². The number of rotatable bonds is 8. The summed E-state index contributed by atoms with van der Waals surface area (Å²) in [6, 6.07) is 21.3. The Bertz CT molecular complexity index is 738. The van der Waals surface area contributed by atoms with E-state index in [1.807, 2.05) is 4.57 Å². The zero-order valence-corrected chi connectivity index (χ0v) is 14.5. The van der Waals surface area contributed by atoms with Crippen molar-refractivity contribution < 1.29 is 0 Å². The SMILES string of the molecule is S=c1[nH]ncn1CCCN(Cc1ccccc1)Cc1ccccc1. The van der Waals surface area contributed by atoms with Gasteiger partial charge in [0.1, 0.15) is 6.33 Å².